The standard InChI is InChI=1S/C24H22N4O4/c1-14-10-26-27-22(14)23(30)25-11-17-13-28(12-15-4-2-3-5-18(15)17)24(31)16-8-20(29)19-6-7-32-21(19)9-16/h2-10,17,29H,11-13H2,1H3,(H,25,30)(H,26,27). The molecule has 4 aromatic rings. The van der Waals surface area contributed by atoms with Gasteiger partial charge in [-0.3, -0.25) is 14.7 Å². The number of hydrogen-bond acceptors (Lipinski definition) is 5. The predicted octanol–water partition coefficient (Wildman–Crippen LogP) is 3.34. The Morgan fingerprint density at radius 3 is 2.94 bits per heavy atom. The van der Waals surface area contributed by atoms with Crippen molar-refractivity contribution in [3.63, 3.8) is 0 Å². The first-order chi connectivity index (χ1) is 15.5. The Kier molecular flexibility index (Phi) is 4.89. The fourth-order valence-electron chi connectivity index (χ4n) is 4.28. The topological polar surface area (TPSA) is 111 Å². The lowest BCUT2D eigenvalue weighted by molar-refractivity contribution is 0.0716. The van der Waals surface area contributed by atoms with Crippen molar-refractivity contribution in [3.8, 4) is 5.75 Å². The number of aromatic nitrogens is 2. The van der Waals surface area contributed by atoms with Crippen LogP contribution in [0.15, 0.2) is 59.3 Å². The third kappa shape index (κ3) is 3.49. The molecule has 32 heavy (non-hydrogen) atoms. The Labute approximate surface area is 183 Å². The summed E-state index contributed by atoms with van der Waals surface area (Å²) in [6.45, 7) is 3.09. The Morgan fingerprint density at radius 2 is 2.12 bits per heavy atom. The molecular weight excluding hydrogens is 408 g/mol. The summed E-state index contributed by atoms with van der Waals surface area (Å²) in [6, 6.07) is 12.7. The molecule has 1 unspecified atom stereocenters. The van der Waals surface area contributed by atoms with Crippen LogP contribution in [0.3, 0.4) is 0 Å². The van der Waals surface area contributed by atoms with Gasteiger partial charge in [0.1, 0.15) is 17.0 Å². The molecule has 0 fully saturated rings. The van der Waals surface area contributed by atoms with E-state index in [-0.39, 0.29) is 23.5 Å². The number of carbonyl (C=O) groups is 2. The van der Waals surface area contributed by atoms with Crippen molar-refractivity contribution in [2.75, 3.05) is 13.1 Å². The molecule has 2 aromatic carbocycles. The normalized spacial score (nSPS) is 15.5. The number of phenols is 1. The number of phenolic OH excluding ortho intramolecular Hbond substituents is 1. The number of carbonyl (C=O) groups excluding carboxylic acids is 2. The van der Waals surface area contributed by atoms with Crippen molar-refractivity contribution in [2.45, 2.75) is 19.4 Å². The molecule has 1 atom stereocenters. The molecule has 1 aliphatic rings. The molecule has 0 saturated carbocycles. The maximum Gasteiger partial charge on any atom is 0.269 e. The molecule has 0 spiro atoms. The summed E-state index contributed by atoms with van der Waals surface area (Å²) in [7, 11) is 0. The molecule has 2 amide bonds. The van der Waals surface area contributed by atoms with E-state index < -0.39 is 0 Å². The first-order valence-corrected chi connectivity index (χ1v) is 10.4. The number of aromatic amines is 1. The summed E-state index contributed by atoms with van der Waals surface area (Å²) in [5.74, 6) is -0.490. The highest BCUT2D eigenvalue weighted by molar-refractivity contribution is 5.99. The summed E-state index contributed by atoms with van der Waals surface area (Å²) in [5, 5.41) is 20.4. The van der Waals surface area contributed by atoms with Crippen molar-refractivity contribution >= 4 is 22.8 Å². The van der Waals surface area contributed by atoms with E-state index in [9.17, 15) is 14.7 Å². The zero-order valence-electron chi connectivity index (χ0n) is 17.5. The lowest BCUT2D eigenvalue weighted by Crippen LogP contribution is -2.42. The van der Waals surface area contributed by atoms with E-state index in [1.54, 1.807) is 23.2 Å². The van der Waals surface area contributed by atoms with Gasteiger partial charge in [0.15, 0.2) is 0 Å². The molecular formula is C24H22N4O4. The van der Waals surface area contributed by atoms with E-state index in [1.165, 1.54) is 12.3 Å². The molecule has 3 heterocycles. The number of H-pyrrole nitrogens is 1. The van der Waals surface area contributed by atoms with Gasteiger partial charge in [0.25, 0.3) is 11.8 Å². The average Bonchev–Trinajstić information content (AvgIpc) is 3.45. The van der Waals surface area contributed by atoms with Crippen LogP contribution in [0, 0.1) is 6.92 Å². The number of furan rings is 1. The maximum atomic E-state index is 13.3. The quantitative estimate of drug-likeness (QED) is 0.460. The Balaban J connectivity index is 1.39. The van der Waals surface area contributed by atoms with E-state index in [0.29, 0.717) is 41.9 Å². The summed E-state index contributed by atoms with van der Waals surface area (Å²) < 4.78 is 5.38. The fourth-order valence-corrected chi connectivity index (χ4v) is 4.28. The fraction of sp³-hybridized carbons (Fsp3) is 0.208. The van der Waals surface area contributed by atoms with E-state index >= 15 is 0 Å². The molecule has 8 nitrogen and oxygen atoms in total. The first-order valence-electron chi connectivity index (χ1n) is 10.4. The van der Waals surface area contributed by atoms with Crippen LogP contribution in [0.1, 0.15) is 43.5 Å². The van der Waals surface area contributed by atoms with Crippen LogP contribution in [0.25, 0.3) is 11.0 Å². The van der Waals surface area contributed by atoms with Gasteiger partial charge in [0, 0.05) is 31.1 Å². The number of amides is 2. The minimum atomic E-state index is -0.228. The summed E-state index contributed by atoms with van der Waals surface area (Å²) >= 11 is 0. The van der Waals surface area contributed by atoms with Crippen LogP contribution >= 0.6 is 0 Å². The van der Waals surface area contributed by atoms with Crippen LogP contribution in [0.5, 0.6) is 5.75 Å². The third-order valence-electron chi connectivity index (χ3n) is 5.95. The van der Waals surface area contributed by atoms with Gasteiger partial charge in [0.2, 0.25) is 0 Å². The van der Waals surface area contributed by atoms with Gasteiger partial charge in [-0.1, -0.05) is 24.3 Å². The minimum absolute atomic E-state index is 0.00995. The molecule has 162 valence electrons. The number of aryl methyl sites for hydroxylation is 1. The van der Waals surface area contributed by atoms with E-state index in [0.717, 1.165) is 16.7 Å². The van der Waals surface area contributed by atoms with E-state index in [1.807, 2.05) is 31.2 Å². The second-order valence-corrected chi connectivity index (χ2v) is 8.05. The number of nitrogens with one attached hydrogen (secondary N) is 2. The van der Waals surface area contributed by atoms with Gasteiger partial charge in [0.05, 0.1) is 17.8 Å². The lowest BCUT2D eigenvalue weighted by atomic mass is 9.89. The Bertz CT molecular complexity index is 1320. The van der Waals surface area contributed by atoms with Crippen LogP contribution in [0.4, 0.5) is 0 Å². The number of fused-ring (bicyclic) bond motifs is 2. The highest BCUT2D eigenvalue weighted by atomic mass is 16.3. The van der Waals surface area contributed by atoms with Gasteiger partial charge >= 0.3 is 0 Å². The second kappa shape index (κ2) is 7.88. The summed E-state index contributed by atoms with van der Waals surface area (Å²) in [6.07, 6.45) is 3.09. The van der Waals surface area contributed by atoms with Gasteiger partial charge in [-0.15, -0.1) is 0 Å². The SMILES string of the molecule is Cc1cn[nH]c1C(=O)NCC1CN(C(=O)c2cc(O)c3ccoc3c2)Cc2ccccc21. The minimum Gasteiger partial charge on any atom is -0.507 e. The van der Waals surface area contributed by atoms with Crippen molar-refractivity contribution in [1.29, 1.82) is 0 Å². The van der Waals surface area contributed by atoms with Crippen molar-refractivity contribution in [3.05, 3.63) is 82.9 Å². The van der Waals surface area contributed by atoms with E-state index in [4.69, 9.17) is 4.42 Å². The number of rotatable bonds is 4. The monoisotopic (exact) mass is 430 g/mol. The molecule has 3 N–H and O–H groups in total. The van der Waals surface area contributed by atoms with Gasteiger partial charge in [-0.25, -0.2) is 0 Å². The number of hydrogen-bond donors (Lipinski definition) is 3. The van der Waals surface area contributed by atoms with Gasteiger partial charge in [-0.2, -0.15) is 5.10 Å². The van der Waals surface area contributed by atoms with Crippen molar-refractivity contribution in [1.82, 2.24) is 20.4 Å². The van der Waals surface area contributed by atoms with Crippen molar-refractivity contribution < 1.29 is 19.1 Å². The average molecular weight is 430 g/mol. The summed E-state index contributed by atoms with van der Waals surface area (Å²) in [4.78, 5) is 27.6. The lowest BCUT2D eigenvalue weighted by Gasteiger charge is -2.35. The largest absolute Gasteiger partial charge is 0.507 e. The summed E-state index contributed by atoms with van der Waals surface area (Å²) in [5.41, 5.74) is 4.18. The second-order valence-electron chi connectivity index (χ2n) is 8.05. The Morgan fingerprint density at radius 1 is 1.28 bits per heavy atom. The smallest absolute Gasteiger partial charge is 0.269 e. The number of nitrogens with zero attached hydrogens (tertiary/aromatic N) is 2. The van der Waals surface area contributed by atoms with Crippen LogP contribution < -0.4 is 5.32 Å². The number of aromatic hydroxyl groups is 1. The highest BCUT2D eigenvalue weighted by Gasteiger charge is 2.29. The van der Waals surface area contributed by atoms with Gasteiger partial charge in [-0.05, 0) is 41.8 Å². The first kappa shape index (κ1) is 19.9. The molecule has 8 heteroatoms. The highest BCUT2D eigenvalue weighted by Crippen LogP contribution is 2.31. The zero-order chi connectivity index (χ0) is 22.2. The van der Waals surface area contributed by atoms with E-state index in [2.05, 4.69) is 15.5 Å². The predicted molar refractivity (Wildman–Crippen MR) is 117 cm³/mol. The molecule has 2 aromatic heterocycles. The molecule has 1 aliphatic heterocycles. The molecule has 0 bridgehead atoms. The zero-order valence-corrected chi connectivity index (χ0v) is 17.5. The Hall–Kier alpha value is -4.07. The molecule has 0 saturated heterocycles. The third-order valence-corrected chi connectivity index (χ3v) is 5.95. The van der Waals surface area contributed by atoms with Crippen LogP contribution in [-0.2, 0) is 6.54 Å². The van der Waals surface area contributed by atoms with Crippen LogP contribution in [-0.4, -0.2) is 45.1 Å². The molecule has 0 radical (unpaired) electrons. The number of benzene rings is 2. The molecule has 5 rings (SSSR count). The van der Waals surface area contributed by atoms with Crippen LogP contribution in [0.2, 0.25) is 0 Å². The van der Waals surface area contributed by atoms with Crippen molar-refractivity contribution in [2.24, 2.45) is 0 Å². The van der Waals surface area contributed by atoms with Gasteiger partial charge < -0.3 is 19.7 Å². The molecule has 0 aliphatic carbocycles. The maximum absolute atomic E-state index is 13.3.